The molecule has 0 amide bonds. The highest BCUT2D eigenvalue weighted by molar-refractivity contribution is 5.45. The number of hydrogen-bond acceptors (Lipinski definition) is 4. The molecule has 0 saturated heterocycles. The molecule has 0 spiro atoms. The Balaban J connectivity index is 1.31. The zero-order valence-corrected chi connectivity index (χ0v) is 14.8. The fourth-order valence-electron chi connectivity index (χ4n) is 4.32. The van der Waals surface area contributed by atoms with Gasteiger partial charge in [-0.2, -0.15) is 5.10 Å². The number of allylic oxidation sites excluding steroid dienone is 1. The second-order valence-corrected chi connectivity index (χ2v) is 7.31. The van der Waals surface area contributed by atoms with Crippen LogP contribution < -0.4 is 5.32 Å². The van der Waals surface area contributed by atoms with E-state index in [0.717, 1.165) is 24.7 Å². The van der Waals surface area contributed by atoms with Crippen LogP contribution in [-0.2, 0) is 6.42 Å². The van der Waals surface area contributed by atoms with Gasteiger partial charge in [-0.1, -0.05) is 24.5 Å². The Bertz CT molecular complexity index is 688. The maximum Gasteiger partial charge on any atom is 0.216 e. The molecule has 2 aliphatic carbocycles. The minimum Gasteiger partial charge on any atom is -0.461 e. The summed E-state index contributed by atoms with van der Waals surface area (Å²) in [6.07, 6.45) is 15.8. The third-order valence-corrected chi connectivity index (χ3v) is 5.61. The number of nitrogens with one attached hydrogen (secondary N) is 2. The van der Waals surface area contributed by atoms with Gasteiger partial charge >= 0.3 is 0 Å². The summed E-state index contributed by atoms with van der Waals surface area (Å²) < 4.78 is 5.35. The van der Waals surface area contributed by atoms with Gasteiger partial charge in [0.25, 0.3) is 0 Å². The van der Waals surface area contributed by atoms with E-state index in [9.17, 15) is 0 Å². The Morgan fingerprint density at radius 2 is 2.16 bits per heavy atom. The lowest BCUT2D eigenvalue weighted by Crippen LogP contribution is -2.40. The molecule has 1 saturated carbocycles. The first-order chi connectivity index (χ1) is 12.4. The van der Waals surface area contributed by atoms with Crippen molar-refractivity contribution in [2.45, 2.75) is 63.8 Å². The first-order valence-electron chi connectivity index (χ1n) is 9.77. The molecule has 2 aromatic heterocycles. The van der Waals surface area contributed by atoms with Crippen molar-refractivity contribution in [3.8, 4) is 11.6 Å². The number of hydrogen-bond donors (Lipinski definition) is 2. The van der Waals surface area contributed by atoms with Crippen LogP contribution in [0, 0.1) is 5.92 Å². The second kappa shape index (κ2) is 8.00. The Labute approximate surface area is 149 Å². The molecular weight excluding hydrogens is 312 g/mol. The molecule has 0 radical (unpaired) electrons. The van der Waals surface area contributed by atoms with Gasteiger partial charge in [0.2, 0.25) is 5.82 Å². The topological polar surface area (TPSA) is 66.7 Å². The van der Waals surface area contributed by atoms with Crippen molar-refractivity contribution >= 4 is 0 Å². The second-order valence-electron chi connectivity index (χ2n) is 7.31. The smallest absolute Gasteiger partial charge is 0.216 e. The molecule has 5 heteroatoms. The number of H-pyrrole nitrogens is 1. The lowest BCUT2D eigenvalue weighted by molar-refractivity contribution is 0.288. The summed E-state index contributed by atoms with van der Waals surface area (Å²) in [4.78, 5) is 4.53. The maximum absolute atomic E-state index is 5.35. The molecule has 5 nitrogen and oxygen atoms in total. The van der Waals surface area contributed by atoms with Crippen LogP contribution in [-0.4, -0.2) is 27.8 Å². The van der Waals surface area contributed by atoms with Crippen LogP contribution >= 0.6 is 0 Å². The van der Waals surface area contributed by atoms with Crippen LogP contribution in [0.2, 0.25) is 0 Å². The number of nitrogens with zero attached hydrogens (tertiary/aromatic N) is 2. The first-order valence-corrected chi connectivity index (χ1v) is 9.77. The monoisotopic (exact) mass is 340 g/mol. The summed E-state index contributed by atoms with van der Waals surface area (Å²) in [7, 11) is 0. The van der Waals surface area contributed by atoms with Crippen molar-refractivity contribution in [1.82, 2.24) is 20.5 Å². The normalized spacial score (nSPS) is 24.2. The molecule has 4 rings (SSSR count). The zero-order chi connectivity index (χ0) is 16.9. The van der Waals surface area contributed by atoms with Crippen LogP contribution in [0.1, 0.15) is 57.2 Å². The number of furan rings is 1. The van der Waals surface area contributed by atoms with Crippen molar-refractivity contribution in [3.05, 3.63) is 35.9 Å². The average molecular weight is 340 g/mol. The molecule has 0 unspecified atom stereocenters. The van der Waals surface area contributed by atoms with E-state index in [-0.39, 0.29) is 0 Å². The molecule has 25 heavy (non-hydrogen) atoms. The minimum atomic E-state index is 0.630. The fourth-order valence-corrected chi connectivity index (χ4v) is 4.32. The molecule has 2 N–H and O–H groups in total. The van der Waals surface area contributed by atoms with E-state index in [2.05, 4.69) is 26.6 Å². The van der Waals surface area contributed by atoms with E-state index in [0.29, 0.717) is 17.6 Å². The summed E-state index contributed by atoms with van der Waals surface area (Å²) in [5.41, 5.74) is 1.73. The van der Waals surface area contributed by atoms with Crippen LogP contribution in [0.3, 0.4) is 0 Å². The van der Waals surface area contributed by atoms with E-state index in [1.807, 2.05) is 12.1 Å². The molecular formula is C20H28N4O. The lowest BCUT2D eigenvalue weighted by Gasteiger charge is -2.35. The van der Waals surface area contributed by atoms with Crippen molar-refractivity contribution in [1.29, 1.82) is 0 Å². The van der Waals surface area contributed by atoms with Crippen LogP contribution in [0.15, 0.2) is 34.5 Å². The largest absolute Gasteiger partial charge is 0.461 e. The van der Waals surface area contributed by atoms with E-state index in [4.69, 9.17) is 4.42 Å². The highest BCUT2D eigenvalue weighted by Gasteiger charge is 2.28. The van der Waals surface area contributed by atoms with Crippen molar-refractivity contribution in [2.24, 2.45) is 5.92 Å². The predicted octanol–water partition coefficient (Wildman–Crippen LogP) is 4.26. The number of rotatable bonds is 6. The van der Waals surface area contributed by atoms with Crippen LogP contribution in [0.25, 0.3) is 11.6 Å². The lowest BCUT2D eigenvalue weighted by atomic mass is 9.76. The van der Waals surface area contributed by atoms with Gasteiger partial charge < -0.3 is 9.73 Å². The highest BCUT2D eigenvalue weighted by atomic mass is 16.3. The number of aromatic amines is 1. The summed E-state index contributed by atoms with van der Waals surface area (Å²) in [5, 5.41) is 11.1. The third-order valence-electron chi connectivity index (χ3n) is 5.61. The molecule has 0 aliphatic heterocycles. The highest BCUT2D eigenvalue weighted by Crippen LogP contribution is 2.35. The van der Waals surface area contributed by atoms with Gasteiger partial charge in [-0.25, -0.2) is 4.98 Å². The van der Waals surface area contributed by atoms with E-state index >= 15 is 0 Å². The maximum atomic E-state index is 5.35. The van der Waals surface area contributed by atoms with Crippen LogP contribution in [0.4, 0.5) is 0 Å². The number of aromatic nitrogens is 3. The van der Waals surface area contributed by atoms with Gasteiger partial charge in [-0.3, -0.25) is 5.10 Å². The van der Waals surface area contributed by atoms with Gasteiger partial charge in [-0.05, 0) is 56.6 Å². The van der Waals surface area contributed by atoms with Gasteiger partial charge in [0.05, 0.1) is 6.26 Å². The Kier molecular flexibility index (Phi) is 5.31. The summed E-state index contributed by atoms with van der Waals surface area (Å²) in [5.74, 6) is 3.03. The molecule has 0 bridgehead atoms. The summed E-state index contributed by atoms with van der Waals surface area (Å²) in [6.45, 7) is 0.946. The van der Waals surface area contributed by atoms with Gasteiger partial charge in [-0.15, -0.1) is 0 Å². The van der Waals surface area contributed by atoms with Crippen molar-refractivity contribution < 1.29 is 4.42 Å². The van der Waals surface area contributed by atoms with E-state index in [1.54, 1.807) is 11.8 Å². The Morgan fingerprint density at radius 3 is 3.00 bits per heavy atom. The molecule has 2 aromatic rings. The zero-order valence-electron chi connectivity index (χ0n) is 14.8. The SMILES string of the molecule is C1=C([C@@H]2CCCC[C@@H]2NCCc2nc(-c3ccco3)n[nH]2)CCCC1. The van der Waals surface area contributed by atoms with Crippen molar-refractivity contribution in [2.75, 3.05) is 6.54 Å². The van der Waals surface area contributed by atoms with Crippen LogP contribution in [0.5, 0.6) is 0 Å². The van der Waals surface area contributed by atoms with E-state index < -0.39 is 0 Å². The molecule has 2 aliphatic rings. The molecule has 0 aromatic carbocycles. The summed E-state index contributed by atoms with van der Waals surface area (Å²) in [6, 6.07) is 4.37. The third kappa shape index (κ3) is 4.03. The molecule has 2 heterocycles. The quantitative estimate of drug-likeness (QED) is 0.771. The fraction of sp³-hybridized carbons (Fsp3) is 0.600. The first kappa shape index (κ1) is 16.6. The Hall–Kier alpha value is -1.88. The van der Waals surface area contributed by atoms with Gasteiger partial charge in [0, 0.05) is 19.0 Å². The standard InChI is InChI=1S/C20H28N4O/c1-2-7-15(8-3-1)16-9-4-5-10-17(16)21-13-12-19-22-20(24-23-19)18-11-6-14-25-18/h6-7,11,14,16-17,21H,1-5,8-10,12-13H2,(H,22,23,24)/t16-,17-/m0/s1. The molecule has 2 atom stereocenters. The summed E-state index contributed by atoms with van der Waals surface area (Å²) >= 11 is 0. The predicted molar refractivity (Wildman–Crippen MR) is 98.1 cm³/mol. The molecule has 1 fully saturated rings. The van der Waals surface area contributed by atoms with Crippen molar-refractivity contribution in [3.63, 3.8) is 0 Å². The van der Waals surface area contributed by atoms with Gasteiger partial charge in [0.15, 0.2) is 5.76 Å². The Morgan fingerprint density at radius 1 is 1.20 bits per heavy atom. The van der Waals surface area contributed by atoms with Gasteiger partial charge in [0.1, 0.15) is 5.82 Å². The molecule has 134 valence electrons. The van der Waals surface area contributed by atoms with E-state index in [1.165, 1.54) is 51.4 Å². The minimum absolute atomic E-state index is 0.630. The average Bonchev–Trinajstić information content (AvgIpc) is 3.35.